The summed E-state index contributed by atoms with van der Waals surface area (Å²) >= 11 is 5.85. The number of amides is 4. The Kier molecular flexibility index (Phi) is 4.18. The van der Waals surface area contributed by atoms with Gasteiger partial charge < -0.3 is 11.1 Å². The smallest absolute Gasteiger partial charge is 0.250 e. The van der Waals surface area contributed by atoms with E-state index in [-0.39, 0.29) is 17.1 Å². The van der Waals surface area contributed by atoms with Crippen LogP contribution in [0.1, 0.15) is 12.0 Å². The number of hydrogen-bond acceptors (Lipinski definition) is 5. The molecule has 31 heavy (non-hydrogen) atoms. The zero-order valence-electron chi connectivity index (χ0n) is 15.9. The van der Waals surface area contributed by atoms with Crippen LogP contribution >= 0.6 is 11.6 Å². The standard InChI is InChI=1S/C21H16ClFN4O4/c22-11-7-9(5-6-12(11)23)27-18(29)16-14(8-15(24)28)26-21(17(16)19(27)30)10-3-1-2-4-13(10)25-20(21)31/h1-7,14,16-17,26H,8H2,(H2,24,28)(H,25,31)/t14-,16+,17-,21-/m0/s1. The van der Waals surface area contributed by atoms with Crippen molar-refractivity contribution >= 4 is 46.6 Å². The normalized spacial score (nSPS) is 28.8. The van der Waals surface area contributed by atoms with Gasteiger partial charge in [0.05, 0.1) is 22.5 Å². The maximum Gasteiger partial charge on any atom is 0.250 e. The SMILES string of the molecule is NC(=O)C[C@@H]1N[C@]2(C(=O)Nc3ccccc32)[C@@H]2C(=O)N(c3ccc(F)c(Cl)c3)C(=O)[C@H]12. The minimum absolute atomic E-state index is 0.0930. The van der Waals surface area contributed by atoms with Crippen LogP contribution in [0.5, 0.6) is 0 Å². The highest BCUT2D eigenvalue weighted by molar-refractivity contribution is 6.32. The Labute approximate surface area is 180 Å². The van der Waals surface area contributed by atoms with E-state index in [0.29, 0.717) is 11.3 Å². The number of benzene rings is 2. The van der Waals surface area contributed by atoms with E-state index >= 15 is 0 Å². The number of imide groups is 1. The third-order valence-electron chi connectivity index (χ3n) is 6.20. The Morgan fingerprint density at radius 3 is 2.61 bits per heavy atom. The molecule has 4 atom stereocenters. The lowest BCUT2D eigenvalue weighted by Gasteiger charge is -2.29. The molecule has 2 saturated heterocycles. The number of halogens is 2. The summed E-state index contributed by atoms with van der Waals surface area (Å²) in [5.41, 5.74) is 4.97. The fourth-order valence-corrected chi connectivity index (χ4v) is 5.20. The van der Waals surface area contributed by atoms with Crippen LogP contribution in [-0.4, -0.2) is 29.7 Å². The Balaban J connectivity index is 1.67. The first-order chi connectivity index (χ1) is 14.8. The minimum Gasteiger partial charge on any atom is -0.370 e. The maximum absolute atomic E-state index is 13.6. The molecule has 1 spiro atoms. The maximum atomic E-state index is 13.6. The summed E-state index contributed by atoms with van der Waals surface area (Å²) in [6.45, 7) is 0. The molecule has 8 nitrogen and oxygen atoms in total. The number of nitrogens with zero attached hydrogens (tertiary/aromatic N) is 1. The number of para-hydroxylation sites is 1. The van der Waals surface area contributed by atoms with Crippen molar-refractivity contribution in [2.24, 2.45) is 17.6 Å². The van der Waals surface area contributed by atoms with E-state index in [9.17, 15) is 23.6 Å². The molecule has 4 amide bonds. The molecule has 5 rings (SSSR count). The van der Waals surface area contributed by atoms with Crippen LogP contribution in [-0.2, 0) is 24.7 Å². The van der Waals surface area contributed by atoms with Crippen LogP contribution in [0, 0.1) is 17.7 Å². The molecule has 3 aliphatic heterocycles. The highest BCUT2D eigenvalue weighted by atomic mass is 35.5. The minimum atomic E-state index is -1.54. The zero-order valence-corrected chi connectivity index (χ0v) is 16.7. The Hall–Kier alpha value is -3.30. The van der Waals surface area contributed by atoms with Crippen molar-refractivity contribution in [2.75, 3.05) is 10.2 Å². The largest absolute Gasteiger partial charge is 0.370 e. The molecule has 0 saturated carbocycles. The van der Waals surface area contributed by atoms with E-state index < -0.39 is 52.9 Å². The molecule has 0 aliphatic carbocycles. The van der Waals surface area contributed by atoms with Gasteiger partial charge in [-0.15, -0.1) is 0 Å². The fraction of sp³-hybridized carbons (Fsp3) is 0.238. The van der Waals surface area contributed by atoms with E-state index in [2.05, 4.69) is 10.6 Å². The van der Waals surface area contributed by atoms with Crippen molar-refractivity contribution < 1.29 is 23.6 Å². The van der Waals surface area contributed by atoms with E-state index in [1.807, 2.05) is 0 Å². The molecule has 158 valence electrons. The molecular formula is C21H16ClFN4O4. The summed E-state index contributed by atoms with van der Waals surface area (Å²) in [4.78, 5) is 52.8. The molecule has 2 aromatic carbocycles. The first-order valence-corrected chi connectivity index (χ1v) is 9.93. The Morgan fingerprint density at radius 2 is 1.90 bits per heavy atom. The molecule has 4 N–H and O–H groups in total. The second kappa shape index (κ2) is 6.60. The number of anilines is 2. The monoisotopic (exact) mass is 442 g/mol. The van der Waals surface area contributed by atoms with Gasteiger partial charge >= 0.3 is 0 Å². The van der Waals surface area contributed by atoms with E-state index in [1.165, 1.54) is 12.1 Å². The van der Waals surface area contributed by atoms with E-state index in [1.54, 1.807) is 24.3 Å². The van der Waals surface area contributed by atoms with Gasteiger partial charge in [0.15, 0.2) is 0 Å². The summed E-state index contributed by atoms with van der Waals surface area (Å²) in [6.07, 6.45) is -0.241. The number of primary amides is 1. The van der Waals surface area contributed by atoms with Gasteiger partial charge in [-0.3, -0.25) is 24.5 Å². The van der Waals surface area contributed by atoms with Gasteiger partial charge in [0.25, 0.3) is 0 Å². The van der Waals surface area contributed by atoms with Gasteiger partial charge in [0.1, 0.15) is 11.4 Å². The van der Waals surface area contributed by atoms with Crippen molar-refractivity contribution in [1.29, 1.82) is 0 Å². The molecule has 0 aromatic heterocycles. The molecule has 10 heteroatoms. The first kappa shape index (κ1) is 19.7. The summed E-state index contributed by atoms with van der Waals surface area (Å²) in [6, 6.07) is 9.51. The van der Waals surface area contributed by atoms with Gasteiger partial charge in [-0.25, -0.2) is 9.29 Å². The predicted molar refractivity (Wildman–Crippen MR) is 108 cm³/mol. The van der Waals surface area contributed by atoms with Gasteiger partial charge in [-0.2, -0.15) is 0 Å². The topological polar surface area (TPSA) is 122 Å². The number of carbonyl (C=O) groups excluding carboxylic acids is 4. The number of rotatable bonds is 3. The van der Waals surface area contributed by atoms with Gasteiger partial charge in [0.2, 0.25) is 23.6 Å². The average molecular weight is 443 g/mol. The number of hydrogen-bond donors (Lipinski definition) is 3. The van der Waals surface area contributed by atoms with Crippen LogP contribution in [0.25, 0.3) is 0 Å². The first-order valence-electron chi connectivity index (χ1n) is 9.55. The average Bonchev–Trinajstić information content (AvgIpc) is 3.29. The fourth-order valence-electron chi connectivity index (χ4n) is 5.03. The third kappa shape index (κ3) is 2.56. The lowest BCUT2D eigenvalue weighted by atomic mass is 9.76. The summed E-state index contributed by atoms with van der Waals surface area (Å²) in [5, 5.41) is 5.60. The second-order valence-electron chi connectivity index (χ2n) is 7.84. The van der Waals surface area contributed by atoms with Crippen molar-refractivity contribution in [3.8, 4) is 0 Å². The lowest BCUT2D eigenvalue weighted by molar-refractivity contribution is -0.130. The predicted octanol–water partition coefficient (Wildman–Crippen LogP) is 1.28. The number of carbonyl (C=O) groups is 4. The third-order valence-corrected chi connectivity index (χ3v) is 6.49. The van der Waals surface area contributed by atoms with E-state index in [4.69, 9.17) is 17.3 Å². The van der Waals surface area contributed by atoms with Gasteiger partial charge in [0, 0.05) is 23.7 Å². The number of nitrogens with one attached hydrogen (secondary N) is 2. The van der Waals surface area contributed by atoms with Crippen LogP contribution in [0.3, 0.4) is 0 Å². The molecular weight excluding hydrogens is 427 g/mol. The lowest BCUT2D eigenvalue weighted by Crippen LogP contribution is -2.53. The van der Waals surface area contributed by atoms with Crippen LogP contribution < -0.4 is 21.3 Å². The van der Waals surface area contributed by atoms with Crippen molar-refractivity contribution in [1.82, 2.24) is 5.32 Å². The molecule has 0 radical (unpaired) electrons. The van der Waals surface area contributed by atoms with Gasteiger partial charge in [-0.1, -0.05) is 29.8 Å². The van der Waals surface area contributed by atoms with Gasteiger partial charge in [-0.05, 0) is 24.3 Å². The quantitative estimate of drug-likeness (QED) is 0.618. The molecule has 2 aromatic rings. The van der Waals surface area contributed by atoms with E-state index in [0.717, 1.165) is 11.0 Å². The van der Waals surface area contributed by atoms with Crippen LogP contribution in [0.2, 0.25) is 5.02 Å². The molecule has 3 aliphatic rings. The number of nitrogens with two attached hydrogens (primary N) is 1. The summed E-state index contributed by atoms with van der Waals surface area (Å²) < 4.78 is 13.6. The van der Waals surface area contributed by atoms with Crippen LogP contribution in [0.4, 0.5) is 15.8 Å². The highest BCUT2D eigenvalue weighted by Crippen LogP contribution is 2.53. The van der Waals surface area contributed by atoms with Crippen LogP contribution in [0.15, 0.2) is 42.5 Å². The molecule has 3 heterocycles. The van der Waals surface area contributed by atoms with Crippen molar-refractivity contribution in [3.05, 3.63) is 58.9 Å². The zero-order chi connectivity index (χ0) is 22.1. The second-order valence-corrected chi connectivity index (χ2v) is 8.25. The summed E-state index contributed by atoms with van der Waals surface area (Å²) in [5.74, 6) is -5.23. The number of fused-ring (bicyclic) bond motifs is 4. The molecule has 2 fully saturated rings. The van der Waals surface area contributed by atoms with Crippen molar-refractivity contribution in [3.63, 3.8) is 0 Å². The Morgan fingerprint density at radius 1 is 1.16 bits per heavy atom. The molecule has 0 bridgehead atoms. The highest BCUT2D eigenvalue weighted by Gasteiger charge is 2.70. The Bertz CT molecular complexity index is 1190. The summed E-state index contributed by atoms with van der Waals surface area (Å²) in [7, 11) is 0. The van der Waals surface area contributed by atoms with Crippen molar-refractivity contribution in [2.45, 2.75) is 18.0 Å². The molecule has 0 unspecified atom stereocenters.